The molecule has 1 heterocycles. The van der Waals surface area contributed by atoms with Crippen LogP contribution in [-0.4, -0.2) is 34.6 Å². The topological polar surface area (TPSA) is 91.3 Å². The smallest absolute Gasteiger partial charge is 0.272 e. The third-order valence-electron chi connectivity index (χ3n) is 4.00. The molecule has 2 rings (SSSR count). The highest BCUT2D eigenvalue weighted by molar-refractivity contribution is 6.01. The van der Waals surface area contributed by atoms with Crippen molar-refractivity contribution in [2.24, 2.45) is 5.92 Å². The minimum absolute atomic E-state index is 0.161. The van der Waals surface area contributed by atoms with E-state index >= 15 is 0 Å². The molecular formula is C16H23N3O3. The van der Waals surface area contributed by atoms with Crippen LogP contribution in [-0.2, 0) is 4.79 Å². The summed E-state index contributed by atoms with van der Waals surface area (Å²) in [5.74, 6) is -0.393. The molecule has 120 valence electrons. The number of nitrogens with zero attached hydrogens (tertiary/aromatic N) is 1. The number of pyridine rings is 1. The second kappa shape index (κ2) is 7.89. The summed E-state index contributed by atoms with van der Waals surface area (Å²) in [6.45, 7) is 1.58. The molecule has 0 radical (unpaired) electrons. The van der Waals surface area contributed by atoms with Gasteiger partial charge >= 0.3 is 0 Å². The molecule has 6 nitrogen and oxygen atoms in total. The van der Waals surface area contributed by atoms with Gasteiger partial charge in [0.1, 0.15) is 0 Å². The van der Waals surface area contributed by atoms with E-state index in [1.165, 1.54) is 19.5 Å². The molecule has 22 heavy (non-hydrogen) atoms. The Bertz CT molecular complexity index is 527. The molecule has 0 aromatic carbocycles. The maximum Gasteiger partial charge on any atom is 0.272 e. The van der Waals surface area contributed by atoms with E-state index in [9.17, 15) is 14.7 Å². The van der Waals surface area contributed by atoms with Crippen LogP contribution < -0.4 is 10.6 Å². The predicted molar refractivity (Wildman–Crippen MR) is 83.5 cm³/mol. The quantitative estimate of drug-likeness (QED) is 0.772. The van der Waals surface area contributed by atoms with Gasteiger partial charge in [0.25, 0.3) is 5.91 Å². The first-order chi connectivity index (χ1) is 10.6. The van der Waals surface area contributed by atoms with Gasteiger partial charge in [-0.3, -0.25) is 9.59 Å². The zero-order valence-corrected chi connectivity index (χ0v) is 12.8. The van der Waals surface area contributed by atoms with Crippen LogP contribution in [0.15, 0.2) is 18.3 Å². The lowest BCUT2D eigenvalue weighted by Gasteiger charge is -2.26. The largest absolute Gasteiger partial charge is 0.391 e. The van der Waals surface area contributed by atoms with Gasteiger partial charge in [-0.15, -0.1) is 0 Å². The molecule has 2 amide bonds. The van der Waals surface area contributed by atoms with Crippen molar-refractivity contribution in [3.63, 3.8) is 0 Å². The Morgan fingerprint density at radius 3 is 2.77 bits per heavy atom. The van der Waals surface area contributed by atoms with Crippen LogP contribution in [0, 0.1) is 5.92 Å². The van der Waals surface area contributed by atoms with Gasteiger partial charge < -0.3 is 15.7 Å². The second-order valence-corrected chi connectivity index (χ2v) is 5.76. The predicted octanol–water partition coefficient (Wildman–Crippen LogP) is 1.71. The van der Waals surface area contributed by atoms with Crippen LogP contribution in [0.4, 0.5) is 5.69 Å². The third-order valence-corrected chi connectivity index (χ3v) is 4.00. The fraction of sp³-hybridized carbons (Fsp3) is 0.562. The first-order valence-electron chi connectivity index (χ1n) is 7.77. The average Bonchev–Trinajstić information content (AvgIpc) is 2.53. The standard InChI is InChI=1S/C16H23N3O3/c1-11(20)19-13-8-5-9-17-15(13)16(22)18-10-14(21)12-6-3-2-4-7-12/h5,8-9,12,14,21H,2-4,6-7,10H2,1H3,(H,18,22)(H,19,20). The number of carbonyl (C=O) groups excluding carboxylic acids is 2. The lowest BCUT2D eigenvalue weighted by atomic mass is 9.85. The molecule has 1 fully saturated rings. The normalized spacial score (nSPS) is 16.8. The second-order valence-electron chi connectivity index (χ2n) is 5.76. The third kappa shape index (κ3) is 4.53. The summed E-state index contributed by atoms with van der Waals surface area (Å²) >= 11 is 0. The molecule has 1 saturated carbocycles. The van der Waals surface area contributed by atoms with E-state index < -0.39 is 6.10 Å². The number of anilines is 1. The van der Waals surface area contributed by atoms with Gasteiger partial charge in [-0.1, -0.05) is 19.3 Å². The molecule has 0 spiro atoms. The summed E-state index contributed by atoms with van der Waals surface area (Å²) in [6.07, 6.45) is 6.50. The van der Waals surface area contributed by atoms with E-state index in [4.69, 9.17) is 0 Å². The number of hydrogen-bond donors (Lipinski definition) is 3. The summed E-state index contributed by atoms with van der Waals surface area (Å²) in [5, 5.41) is 15.5. The molecule has 0 bridgehead atoms. The van der Waals surface area contributed by atoms with Crippen LogP contribution in [0.1, 0.15) is 49.5 Å². The number of aromatic nitrogens is 1. The molecule has 1 aromatic rings. The van der Waals surface area contributed by atoms with Gasteiger partial charge in [0.15, 0.2) is 5.69 Å². The molecule has 1 unspecified atom stereocenters. The van der Waals surface area contributed by atoms with Crippen molar-refractivity contribution in [1.29, 1.82) is 0 Å². The number of hydrogen-bond acceptors (Lipinski definition) is 4. The Morgan fingerprint density at radius 2 is 2.09 bits per heavy atom. The highest BCUT2D eigenvalue weighted by Crippen LogP contribution is 2.26. The van der Waals surface area contributed by atoms with Crippen LogP contribution in [0.5, 0.6) is 0 Å². The van der Waals surface area contributed by atoms with Gasteiger partial charge in [0, 0.05) is 19.7 Å². The average molecular weight is 305 g/mol. The highest BCUT2D eigenvalue weighted by Gasteiger charge is 2.23. The number of aliphatic hydroxyl groups is 1. The summed E-state index contributed by atoms with van der Waals surface area (Å²) in [7, 11) is 0. The monoisotopic (exact) mass is 305 g/mol. The zero-order chi connectivity index (χ0) is 15.9. The minimum Gasteiger partial charge on any atom is -0.391 e. The number of amides is 2. The van der Waals surface area contributed by atoms with Crippen molar-refractivity contribution in [3.8, 4) is 0 Å². The van der Waals surface area contributed by atoms with E-state index in [2.05, 4.69) is 15.6 Å². The minimum atomic E-state index is -0.530. The van der Waals surface area contributed by atoms with Crippen LogP contribution >= 0.6 is 0 Å². The van der Waals surface area contributed by atoms with Crippen molar-refractivity contribution in [3.05, 3.63) is 24.0 Å². The Labute approximate surface area is 130 Å². The molecule has 6 heteroatoms. The van der Waals surface area contributed by atoms with Gasteiger partial charge in [0.05, 0.1) is 11.8 Å². The molecule has 0 aliphatic heterocycles. The van der Waals surface area contributed by atoms with Crippen molar-refractivity contribution in [2.75, 3.05) is 11.9 Å². The van der Waals surface area contributed by atoms with E-state index in [-0.39, 0.29) is 30.0 Å². The maximum absolute atomic E-state index is 12.2. The number of aliphatic hydroxyl groups excluding tert-OH is 1. The molecular weight excluding hydrogens is 282 g/mol. The molecule has 1 aliphatic rings. The number of carbonyl (C=O) groups is 2. The van der Waals surface area contributed by atoms with Crippen molar-refractivity contribution < 1.29 is 14.7 Å². The molecule has 1 atom stereocenters. The summed E-state index contributed by atoms with van der Waals surface area (Å²) in [5.41, 5.74) is 0.535. The van der Waals surface area contributed by atoms with E-state index in [0.717, 1.165) is 25.7 Å². The molecule has 3 N–H and O–H groups in total. The summed E-state index contributed by atoms with van der Waals surface area (Å²) in [6, 6.07) is 3.28. The van der Waals surface area contributed by atoms with Gasteiger partial charge in [-0.2, -0.15) is 0 Å². The zero-order valence-electron chi connectivity index (χ0n) is 12.8. The number of rotatable bonds is 5. The lowest BCUT2D eigenvalue weighted by Crippen LogP contribution is -2.37. The van der Waals surface area contributed by atoms with Crippen LogP contribution in [0.3, 0.4) is 0 Å². The molecule has 0 saturated heterocycles. The van der Waals surface area contributed by atoms with Crippen molar-refractivity contribution in [2.45, 2.75) is 45.1 Å². The van der Waals surface area contributed by atoms with Gasteiger partial charge in [-0.05, 0) is 30.9 Å². The lowest BCUT2D eigenvalue weighted by molar-refractivity contribution is -0.114. The highest BCUT2D eigenvalue weighted by atomic mass is 16.3. The fourth-order valence-corrected chi connectivity index (χ4v) is 2.84. The molecule has 1 aromatic heterocycles. The SMILES string of the molecule is CC(=O)Nc1cccnc1C(=O)NCC(O)C1CCCCC1. The summed E-state index contributed by atoms with van der Waals surface area (Å²) in [4.78, 5) is 27.4. The van der Waals surface area contributed by atoms with Crippen molar-refractivity contribution in [1.82, 2.24) is 10.3 Å². The first kappa shape index (κ1) is 16.4. The van der Waals surface area contributed by atoms with E-state index in [0.29, 0.717) is 5.69 Å². The Kier molecular flexibility index (Phi) is 5.89. The van der Waals surface area contributed by atoms with Crippen molar-refractivity contribution >= 4 is 17.5 Å². The first-order valence-corrected chi connectivity index (χ1v) is 7.77. The fourth-order valence-electron chi connectivity index (χ4n) is 2.84. The Hall–Kier alpha value is -1.95. The van der Waals surface area contributed by atoms with Gasteiger partial charge in [-0.25, -0.2) is 4.98 Å². The Balaban J connectivity index is 1.93. The van der Waals surface area contributed by atoms with Gasteiger partial charge in [0.2, 0.25) is 5.91 Å². The van der Waals surface area contributed by atoms with Crippen LogP contribution in [0.25, 0.3) is 0 Å². The Morgan fingerprint density at radius 1 is 1.36 bits per heavy atom. The summed E-state index contributed by atoms with van der Waals surface area (Å²) < 4.78 is 0. The molecule has 1 aliphatic carbocycles. The number of nitrogens with one attached hydrogen (secondary N) is 2. The van der Waals surface area contributed by atoms with E-state index in [1.54, 1.807) is 12.1 Å². The maximum atomic E-state index is 12.2. The van der Waals surface area contributed by atoms with E-state index in [1.807, 2.05) is 0 Å². The van der Waals surface area contributed by atoms with Crippen LogP contribution in [0.2, 0.25) is 0 Å².